The first-order valence-electron chi connectivity index (χ1n) is 30.1. The van der Waals surface area contributed by atoms with Crippen LogP contribution in [-0.2, 0) is 23.7 Å². The zero-order chi connectivity index (χ0) is 57.0. The van der Waals surface area contributed by atoms with E-state index < -0.39 is 0 Å². The number of benzene rings is 5. The van der Waals surface area contributed by atoms with E-state index in [0.717, 1.165) is 96.7 Å². The molecule has 412 valence electrons. The van der Waals surface area contributed by atoms with Crippen LogP contribution in [0, 0.1) is 6.92 Å². The van der Waals surface area contributed by atoms with Crippen LogP contribution in [0.4, 0.5) is 22.9 Å². The van der Waals surface area contributed by atoms with Gasteiger partial charge in [0.2, 0.25) is 0 Å². The minimum absolute atomic E-state index is 0.0138. The van der Waals surface area contributed by atoms with Crippen molar-refractivity contribution in [2.45, 2.75) is 136 Å². The molecule has 6 aromatic rings. The molecule has 82 heavy (non-hydrogen) atoms. The van der Waals surface area contributed by atoms with Crippen LogP contribution < -0.4 is 15.5 Å². The van der Waals surface area contributed by atoms with Crippen molar-refractivity contribution in [1.82, 2.24) is 4.98 Å². The van der Waals surface area contributed by atoms with Gasteiger partial charge in [0.25, 0.3) is 0 Å². The van der Waals surface area contributed by atoms with Gasteiger partial charge < -0.3 is 10.6 Å². The molecular weight excluding hydrogens is 993 g/mol. The van der Waals surface area contributed by atoms with Gasteiger partial charge in [-0.15, -0.1) is 0 Å². The van der Waals surface area contributed by atoms with E-state index in [1.54, 1.807) is 0 Å². The van der Waals surface area contributed by atoms with Gasteiger partial charge in [-0.05, 0) is 209 Å². The van der Waals surface area contributed by atoms with E-state index in [4.69, 9.17) is 10.7 Å². The summed E-state index contributed by atoms with van der Waals surface area (Å²) >= 11 is 0. The molecular formula is C78H80N4. The van der Waals surface area contributed by atoms with Crippen LogP contribution >= 0.6 is 0 Å². The summed E-state index contributed by atoms with van der Waals surface area (Å²) in [6, 6.07) is 41.0. The molecule has 6 aliphatic carbocycles. The summed E-state index contributed by atoms with van der Waals surface area (Å²) in [4.78, 5) is 10.6. The third-order valence-corrected chi connectivity index (χ3v) is 18.5. The maximum absolute atomic E-state index is 7.84. The van der Waals surface area contributed by atoms with Crippen molar-refractivity contribution in [3.63, 3.8) is 0 Å². The van der Waals surface area contributed by atoms with Crippen molar-refractivity contribution in [2.24, 2.45) is 5.73 Å². The molecule has 3 unspecified atom stereocenters. The van der Waals surface area contributed by atoms with Crippen molar-refractivity contribution in [2.75, 3.05) is 9.80 Å². The molecule has 5 aromatic carbocycles. The molecule has 0 saturated carbocycles. The van der Waals surface area contributed by atoms with Crippen LogP contribution in [0.5, 0.6) is 0 Å². The Balaban J connectivity index is 1.05. The monoisotopic (exact) mass is 1070 g/mol. The summed E-state index contributed by atoms with van der Waals surface area (Å²) in [5, 5.41) is 0. The van der Waals surface area contributed by atoms with E-state index in [0.29, 0.717) is 0 Å². The number of hydrogen-bond donors (Lipinski definition) is 1. The molecule has 0 spiro atoms. The highest BCUT2D eigenvalue weighted by molar-refractivity contribution is 5.96. The molecule has 4 nitrogen and oxygen atoms in total. The number of fused-ring (bicyclic) bond motifs is 5. The highest BCUT2D eigenvalue weighted by atomic mass is 15.2. The van der Waals surface area contributed by atoms with Crippen molar-refractivity contribution in [3.05, 3.63) is 284 Å². The Morgan fingerprint density at radius 2 is 1.56 bits per heavy atom. The fraction of sp³-hybridized carbons (Fsp3) is 0.269. The number of pyridine rings is 1. The molecule has 0 aliphatic heterocycles. The van der Waals surface area contributed by atoms with E-state index in [-0.39, 0.29) is 22.8 Å². The van der Waals surface area contributed by atoms with Gasteiger partial charge in [0, 0.05) is 40.0 Å². The predicted molar refractivity (Wildman–Crippen MR) is 349 cm³/mol. The number of rotatable bonds is 12. The number of para-hydroxylation sites is 1. The van der Waals surface area contributed by atoms with E-state index in [1.807, 2.05) is 0 Å². The Morgan fingerprint density at radius 3 is 2.29 bits per heavy atom. The minimum atomic E-state index is -0.292. The second-order valence-electron chi connectivity index (χ2n) is 25.0. The van der Waals surface area contributed by atoms with Gasteiger partial charge in [-0.3, -0.25) is 4.90 Å². The van der Waals surface area contributed by atoms with E-state index in [2.05, 4.69) is 267 Å². The lowest BCUT2D eigenvalue weighted by atomic mass is 9.72. The standard InChI is InChI=1S/C78H80N4/c1-11-61-73(53-26-15-13-16-27-53)72(82(59-39-37-57(38-40-59)77(7,8)9)76-69(44-51(5)49-80-76)65-36-24-35-64-63-34-22-20-29-56(63)46-68(64)65)48-71-74(61)66-42-41-60(47-70(66)78(71,10)12-2)81(58-31-17-14-18-32-58)75(79)67(43-50(3)4)55-30-23-25-52(6)62-33-21-19-28-54(62)45-55/h13-20,22-26,28-32,34-44,48-49,53,60H,6,11-12,21,27,33,45-47,79H2,1-5,7-10H3/b25-23-,55-30+,75-67-. The lowest BCUT2D eigenvalue weighted by Crippen LogP contribution is -2.40. The van der Waals surface area contributed by atoms with Crippen LogP contribution in [0.2, 0.25) is 0 Å². The average Bonchev–Trinajstić information content (AvgIpc) is 2.37. The highest BCUT2D eigenvalue weighted by Crippen LogP contribution is 2.58. The SMILES string of the molecule is C=C1\C=C/C=C(/C(C=C(C)C)=C(/N)N(c2ccccc2)C2C=CC3=C(C2)C(C)(CC)c2cc(N(c4ccc(C(C)(C)C)cc4)c4ncc(C)cc4-c4cccc5c4Cc4ccccc4-5)c(C4C=CC=CC4)c(CC)c23)CC2=C1CCC=C2. The molecule has 2 N–H and O–H groups in total. The molecule has 4 heteroatoms. The number of aryl methyl sites for hydroxylation is 1. The van der Waals surface area contributed by atoms with Crippen LogP contribution in [0.1, 0.15) is 144 Å². The Morgan fingerprint density at radius 1 is 0.805 bits per heavy atom. The topological polar surface area (TPSA) is 45.4 Å². The molecule has 6 aliphatic rings. The maximum Gasteiger partial charge on any atom is 0.145 e. The van der Waals surface area contributed by atoms with Crippen molar-refractivity contribution in [3.8, 4) is 22.3 Å². The van der Waals surface area contributed by atoms with E-state index >= 15 is 0 Å². The van der Waals surface area contributed by atoms with Crippen LogP contribution in [0.3, 0.4) is 0 Å². The van der Waals surface area contributed by atoms with Gasteiger partial charge in [0.1, 0.15) is 11.6 Å². The Bertz CT molecular complexity index is 3880. The third-order valence-electron chi connectivity index (χ3n) is 18.5. The van der Waals surface area contributed by atoms with Crippen LogP contribution in [0.25, 0.3) is 27.8 Å². The normalized spacial score (nSPS) is 20.9. The summed E-state index contributed by atoms with van der Waals surface area (Å²) < 4.78 is 0. The molecule has 0 amide bonds. The second-order valence-corrected chi connectivity index (χ2v) is 25.0. The Kier molecular flexibility index (Phi) is 14.5. The number of nitrogens with zero attached hydrogens (tertiary/aromatic N) is 3. The largest absolute Gasteiger partial charge is 0.385 e. The highest BCUT2D eigenvalue weighted by Gasteiger charge is 2.45. The Hall–Kier alpha value is -8.21. The zero-order valence-electron chi connectivity index (χ0n) is 49.8. The second kappa shape index (κ2) is 21.9. The lowest BCUT2D eigenvalue weighted by Gasteiger charge is -2.39. The van der Waals surface area contributed by atoms with Crippen molar-refractivity contribution in [1.29, 1.82) is 0 Å². The summed E-state index contributed by atoms with van der Waals surface area (Å²) in [7, 11) is 0. The van der Waals surface area contributed by atoms with Gasteiger partial charge in [-0.25, -0.2) is 4.98 Å². The van der Waals surface area contributed by atoms with Crippen LogP contribution in [0.15, 0.2) is 240 Å². The third kappa shape index (κ3) is 9.68. The molecule has 12 rings (SSSR count). The van der Waals surface area contributed by atoms with Gasteiger partial charge >= 0.3 is 0 Å². The molecule has 1 heterocycles. The number of aromatic nitrogens is 1. The molecule has 3 atom stereocenters. The first kappa shape index (κ1) is 54.4. The van der Waals surface area contributed by atoms with E-state index in [1.165, 1.54) is 94.8 Å². The molecule has 0 saturated heterocycles. The van der Waals surface area contributed by atoms with Crippen molar-refractivity contribution < 1.29 is 0 Å². The smallest absolute Gasteiger partial charge is 0.145 e. The molecule has 1 aromatic heterocycles. The fourth-order valence-electron chi connectivity index (χ4n) is 14.2. The summed E-state index contributed by atoms with van der Waals surface area (Å²) in [6.45, 7) is 25.3. The summed E-state index contributed by atoms with van der Waals surface area (Å²) in [5.41, 5.74) is 36.9. The van der Waals surface area contributed by atoms with Gasteiger partial charge in [0.05, 0.1) is 11.7 Å². The maximum atomic E-state index is 7.84. The number of hydrogen-bond acceptors (Lipinski definition) is 4. The lowest BCUT2D eigenvalue weighted by molar-refractivity contribution is 0.513. The number of anilines is 4. The Labute approximate surface area is 489 Å². The number of nitrogens with two attached hydrogens (primary N) is 1. The number of allylic oxidation sites excluding steroid dienone is 18. The predicted octanol–water partition coefficient (Wildman–Crippen LogP) is 20.1. The van der Waals surface area contributed by atoms with Gasteiger partial charge in [-0.2, -0.15) is 0 Å². The fourth-order valence-corrected chi connectivity index (χ4v) is 14.2. The zero-order valence-corrected chi connectivity index (χ0v) is 49.8. The van der Waals surface area contributed by atoms with Gasteiger partial charge in [-0.1, -0.05) is 199 Å². The molecule has 0 fully saturated rings. The summed E-state index contributed by atoms with van der Waals surface area (Å²) in [5.74, 6) is 1.86. The quantitative estimate of drug-likeness (QED) is 0.124. The first-order valence-corrected chi connectivity index (χ1v) is 30.1. The minimum Gasteiger partial charge on any atom is -0.385 e. The molecule has 0 bridgehead atoms. The van der Waals surface area contributed by atoms with Gasteiger partial charge in [0.15, 0.2) is 0 Å². The van der Waals surface area contributed by atoms with E-state index in [9.17, 15) is 0 Å². The van der Waals surface area contributed by atoms with Crippen molar-refractivity contribution >= 4 is 28.5 Å². The van der Waals surface area contributed by atoms with Crippen LogP contribution in [-0.4, -0.2) is 11.0 Å². The molecule has 0 radical (unpaired) electrons. The summed E-state index contributed by atoms with van der Waals surface area (Å²) in [6.07, 6.45) is 37.1. The average molecular weight is 1070 g/mol. The first-order chi connectivity index (χ1) is 39.7.